The third-order valence-corrected chi connectivity index (χ3v) is 6.04. The molecule has 112 valence electrons. The number of nitrogens with one attached hydrogen (secondary N) is 1. The summed E-state index contributed by atoms with van der Waals surface area (Å²) in [5, 5.41) is 5.05. The van der Waals surface area contributed by atoms with Crippen LogP contribution >= 0.6 is 0 Å². The molecule has 4 aliphatic carbocycles. The monoisotopic (exact) mass is 278 g/mol. The van der Waals surface area contributed by atoms with Gasteiger partial charge >= 0.3 is 6.09 Å². The Bertz CT molecular complexity index is 351. The van der Waals surface area contributed by atoms with E-state index in [0.717, 1.165) is 49.6 Å². The highest BCUT2D eigenvalue weighted by molar-refractivity contribution is 5.67. The van der Waals surface area contributed by atoms with Gasteiger partial charge in [0.2, 0.25) is 0 Å². The van der Waals surface area contributed by atoms with E-state index in [2.05, 4.69) is 5.32 Å². The Hall–Kier alpha value is -0.770. The third kappa shape index (κ3) is 2.43. The number of hydrogen-bond donors (Lipinski definition) is 1. The van der Waals surface area contributed by atoms with Gasteiger partial charge in [-0.1, -0.05) is 6.42 Å². The summed E-state index contributed by atoms with van der Waals surface area (Å²) in [4.78, 5) is 17.6. The summed E-state index contributed by atoms with van der Waals surface area (Å²) in [5.41, 5.74) is 0. The molecule has 4 heteroatoms. The summed E-state index contributed by atoms with van der Waals surface area (Å²) in [7, 11) is 0. The highest BCUT2D eigenvalue weighted by atomic mass is 16.7. The Morgan fingerprint density at radius 2 is 1.50 bits per heavy atom. The van der Waals surface area contributed by atoms with Crippen LogP contribution in [0.5, 0.6) is 0 Å². The largest absolute Gasteiger partial charge is 0.426 e. The van der Waals surface area contributed by atoms with Gasteiger partial charge < -0.3 is 10.2 Å². The fraction of sp³-hybridized carbons (Fsp3) is 0.938. The Balaban J connectivity index is 1.33. The van der Waals surface area contributed by atoms with Crippen LogP contribution in [0.3, 0.4) is 0 Å². The van der Waals surface area contributed by atoms with Gasteiger partial charge in [0.1, 0.15) is 0 Å². The minimum absolute atomic E-state index is 0.204. The van der Waals surface area contributed by atoms with Gasteiger partial charge in [-0.15, -0.1) is 5.06 Å². The van der Waals surface area contributed by atoms with Crippen LogP contribution in [0.1, 0.15) is 51.4 Å². The molecule has 0 atom stereocenters. The number of nitrogens with zero attached hydrogens (tertiary/aromatic N) is 1. The smallest absolute Gasteiger partial charge is 0.351 e. The molecule has 1 amide bonds. The molecule has 4 saturated carbocycles. The summed E-state index contributed by atoms with van der Waals surface area (Å²) < 4.78 is 0. The lowest BCUT2D eigenvalue weighted by Gasteiger charge is -2.54. The normalized spacial score (nSPS) is 43.5. The van der Waals surface area contributed by atoms with Crippen LogP contribution in [0.2, 0.25) is 0 Å². The number of carbonyl (C=O) groups excluding carboxylic acids is 1. The van der Waals surface area contributed by atoms with Crippen LogP contribution in [0.25, 0.3) is 0 Å². The highest BCUT2D eigenvalue weighted by Gasteiger charge is 2.48. The van der Waals surface area contributed by atoms with Crippen LogP contribution in [0.15, 0.2) is 0 Å². The maximum Gasteiger partial charge on any atom is 0.426 e. The van der Waals surface area contributed by atoms with E-state index in [9.17, 15) is 4.79 Å². The highest BCUT2D eigenvalue weighted by Crippen LogP contribution is 2.53. The molecule has 4 bridgehead atoms. The molecule has 1 saturated heterocycles. The number of carbonyl (C=O) groups is 1. The number of amides is 1. The first-order valence-electron chi connectivity index (χ1n) is 8.51. The van der Waals surface area contributed by atoms with Crippen molar-refractivity contribution in [1.82, 2.24) is 10.4 Å². The lowest BCUT2D eigenvalue weighted by atomic mass is 9.54. The maximum absolute atomic E-state index is 12.1. The molecule has 20 heavy (non-hydrogen) atoms. The molecule has 0 spiro atoms. The van der Waals surface area contributed by atoms with E-state index in [0.29, 0.717) is 6.04 Å². The number of hydroxylamine groups is 2. The topological polar surface area (TPSA) is 41.6 Å². The van der Waals surface area contributed by atoms with Gasteiger partial charge in [0.25, 0.3) is 0 Å². The molecule has 5 fully saturated rings. The first-order chi connectivity index (χ1) is 9.78. The summed E-state index contributed by atoms with van der Waals surface area (Å²) in [5.74, 6) is 3.35. The summed E-state index contributed by atoms with van der Waals surface area (Å²) in [6.45, 7) is 1.80. The van der Waals surface area contributed by atoms with Crippen LogP contribution in [0, 0.1) is 23.7 Å². The van der Waals surface area contributed by atoms with Gasteiger partial charge in [-0.25, -0.2) is 4.79 Å². The van der Waals surface area contributed by atoms with Gasteiger partial charge in [-0.2, -0.15) is 0 Å². The van der Waals surface area contributed by atoms with Crippen molar-refractivity contribution in [3.05, 3.63) is 0 Å². The van der Waals surface area contributed by atoms with Crippen molar-refractivity contribution in [2.45, 2.75) is 57.4 Å². The van der Waals surface area contributed by atoms with E-state index >= 15 is 0 Å². The molecule has 1 heterocycles. The van der Waals surface area contributed by atoms with E-state index in [1.807, 2.05) is 5.06 Å². The van der Waals surface area contributed by atoms with Gasteiger partial charge in [-0.05, 0) is 68.6 Å². The Morgan fingerprint density at radius 1 is 0.900 bits per heavy atom. The van der Waals surface area contributed by atoms with E-state index in [1.165, 1.54) is 38.5 Å². The lowest BCUT2D eigenvalue weighted by molar-refractivity contribution is -0.115. The zero-order valence-corrected chi connectivity index (χ0v) is 12.2. The minimum Gasteiger partial charge on any atom is -0.351 e. The molecule has 0 aromatic heterocycles. The van der Waals surface area contributed by atoms with Crippen molar-refractivity contribution in [1.29, 1.82) is 0 Å². The molecule has 0 aromatic rings. The number of piperidine rings is 1. The van der Waals surface area contributed by atoms with Gasteiger partial charge in [0, 0.05) is 19.1 Å². The predicted octanol–water partition coefficient (Wildman–Crippen LogP) is 2.94. The molecule has 1 N–H and O–H groups in total. The quantitative estimate of drug-likeness (QED) is 0.844. The summed E-state index contributed by atoms with van der Waals surface area (Å²) >= 11 is 0. The van der Waals surface area contributed by atoms with E-state index in [-0.39, 0.29) is 6.09 Å². The second kappa shape index (κ2) is 5.21. The van der Waals surface area contributed by atoms with Gasteiger partial charge in [0.05, 0.1) is 0 Å². The van der Waals surface area contributed by atoms with Crippen molar-refractivity contribution < 1.29 is 9.63 Å². The predicted molar refractivity (Wildman–Crippen MR) is 75.9 cm³/mol. The fourth-order valence-electron chi connectivity index (χ4n) is 5.40. The average molecular weight is 278 g/mol. The van der Waals surface area contributed by atoms with Gasteiger partial charge in [-0.3, -0.25) is 0 Å². The molecule has 5 aliphatic rings. The second-order valence-electron chi connectivity index (χ2n) is 7.47. The maximum atomic E-state index is 12.1. The van der Waals surface area contributed by atoms with Crippen LogP contribution in [0.4, 0.5) is 4.79 Å². The molecule has 1 aliphatic heterocycles. The molecule has 5 rings (SSSR count). The summed E-state index contributed by atoms with van der Waals surface area (Å²) in [6, 6.07) is 0.389. The Kier molecular flexibility index (Phi) is 3.37. The van der Waals surface area contributed by atoms with Crippen LogP contribution in [-0.2, 0) is 4.84 Å². The van der Waals surface area contributed by atoms with Crippen molar-refractivity contribution in [2.24, 2.45) is 23.7 Å². The molecule has 0 radical (unpaired) electrons. The molecule has 0 aromatic carbocycles. The van der Waals surface area contributed by atoms with Crippen molar-refractivity contribution in [3.63, 3.8) is 0 Å². The zero-order chi connectivity index (χ0) is 13.5. The molecule has 4 nitrogen and oxygen atoms in total. The van der Waals surface area contributed by atoms with E-state index in [4.69, 9.17) is 4.84 Å². The standard InChI is InChI=1S/C16H26N2O2/c19-16(20-18-4-2-1-3-5-18)17-15-13-7-11-6-12(9-13)10-14(15)8-11/h11-15H,1-10H2,(H,17,19). The van der Waals surface area contributed by atoms with Gasteiger partial charge in [0.15, 0.2) is 0 Å². The third-order valence-electron chi connectivity index (χ3n) is 6.04. The first-order valence-corrected chi connectivity index (χ1v) is 8.51. The summed E-state index contributed by atoms with van der Waals surface area (Å²) in [6.07, 6.45) is 10.1. The number of rotatable bonds is 2. The molecular formula is C16H26N2O2. The fourth-order valence-corrected chi connectivity index (χ4v) is 5.40. The average Bonchev–Trinajstić information content (AvgIpc) is 2.43. The number of hydrogen-bond acceptors (Lipinski definition) is 3. The zero-order valence-electron chi connectivity index (χ0n) is 12.2. The van der Waals surface area contributed by atoms with Crippen LogP contribution < -0.4 is 5.32 Å². The molecular weight excluding hydrogens is 252 g/mol. The first kappa shape index (κ1) is 12.9. The Labute approximate surface area is 121 Å². The SMILES string of the molecule is O=C(NC1C2CC3CC(C2)CC1C3)ON1CCCCC1. The Morgan fingerprint density at radius 3 is 2.10 bits per heavy atom. The van der Waals surface area contributed by atoms with Crippen LogP contribution in [-0.4, -0.2) is 30.3 Å². The minimum atomic E-state index is -0.204. The van der Waals surface area contributed by atoms with E-state index in [1.54, 1.807) is 0 Å². The van der Waals surface area contributed by atoms with Crippen molar-refractivity contribution in [3.8, 4) is 0 Å². The molecule has 0 unspecified atom stereocenters. The van der Waals surface area contributed by atoms with E-state index < -0.39 is 0 Å². The van der Waals surface area contributed by atoms with Crippen molar-refractivity contribution >= 4 is 6.09 Å². The lowest BCUT2D eigenvalue weighted by Crippen LogP contribution is -2.56. The van der Waals surface area contributed by atoms with Crippen molar-refractivity contribution in [2.75, 3.05) is 13.1 Å². The second-order valence-corrected chi connectivity index (χ2v) is 7.47.